The third-order valence-corrected chi connectivity index (χ3v) is 5.19. The summed E-state index contributed by atoms with van der Waals surface area (Å²) in [6, 6.07) is 0.799. The quantitative estimate of drug-likeness (QED) is 0.770. The summed E-state index contributed by atoms with van der Waals surface area (Å²) in [5, 5.41) is 4.67. The molecule has 1 aliphatic heterocycles. The van der Waals surface area contributed by atoms with Crippen LogP contribution in [0.4, 0.5) is 0 Å². The second-order valence-corrected chi connectivity index (χ2v) is 6.55. The van der Waals surface area contributed by atoms with Crippen molar-refractivity contribution in [2.75, 3.05) is 31.9 Å². The van der Waals surface area contributed by atoms with E-state index in [1.165, 1.54) is 64.0 Å². The minimum absolute atomic E-state index is 0.799. The van der Waals surface area contributed by atoms with Crippen molar-refractivity contribution in [3.05, 3.63) is 0 Å². The van der Waals surface area contributed by atoms with Gasteiger partial charge in [-0.25, -0.2) is 0 Å². The normalized spacial score (nSPS) is 31.3. The molecular formula is C13H26N2S. The third kappa shape index (κ3) is 3.64. The standard InChI is InChI=1S/C13H26N2S/c1-2-16-13-7-5-6-12(13)14-8-11-15-9-3-4-10-15/h12-14H,2-11H2,1H3. The zero-order valence-electron chi connectivity index (χ0n) is 10.6. The van der Waals surface area contributed by atoms with Gasteiger partial charge in [-0.15, -0.1) is 0 Å². The molecule has 2 fully saturated rings. The Morgan fingerprint density at radius 2 is 2.00 bits per heavy atom. The lowest BCUT2D eigenvalue weighted by Crippen LogP contribution is -2.39. The minimum atomic E-state index is 0.799. The molecule has 0 aromatic rings. The Morgan fingerprint density at radius 1 is 1.19 bits per heavy atom. The molecule has 2 aliphatic rings. The van der Waals surface area contributed by atoms with Crippen molar-refractivity contribution in [2.24, 2.45) is 0 Å². The molecule has 2 unspecified atom stereocenters. The first-order valence-electron chi connectivity index (χ1n) is 6.97. The average Bonchev–Trinajstić information content (AvgIpc) is 2.91. The monoisotopic (exact) mass is 242 g/mol. The number of hydrogen-bond donors (Lipinski definition) is 1. The van der Waals surface area contributed by atoms with Gasteiger partial charge < -0.3 is 10.2 Å². The molecule has 2 atom stereocenters. The highest BCUT2D eigenvalue weighted by molar-refractivity contribution is 7.99. The Labute approximate surface area is 105 Å². The predicted molar refractivity (Wildman–Crippen MR) is 73.2 cm³/mol. The van der Waals surface area contributed by atoms with Gasteiger partial charge in [-0.3, -0.25) is 0 Å². The molecule has 94 valence electrons. The maximum atomic E-state index is 3.78. The zero-order chi connectivity index (χ0) is 11.2. The topological polar surface area (TPSA) is 15.3 Å². The van der Waals surface area contributed by atoms with Crippen LogP contribution in [0, 0.1) is 0 Å². The van der Waals surface area contributed by atoms with E-state index >= 15 is 0 Å². The fraction of sp³-hybridized carbons (Fsp3) is 1.00. The zero-order valence-corrected chi connectivity index (χ0v) is 11.4. The number of nitrogens with zero attached hydrogens (tertiary/aromatic N) is 1. The largest absolute Gasteiger partial charge is 0.312 e. The number of nitrogens with one attached hydrogen (secondary N) is 1. The molecule has 3 heteroatoms. The van der Waals surface area contributed by atoms with Gasteiger partial charge in [-0.1, -0.05) is 13.3 Å². The molecule has 16 heavy (non-hydrogen) atoms. The van der Waals surface area contributed by atoms with Crippen LogP contribution in [0.2, 0.25) is 0 Å². The lowest BCUT2D eigenvalue weighted by molar-refractivity contribution is 0.328. The summed E-state index contributed by atoms with van der Waals surface area (Å²) in [5.41, 5.74) is 0. The summed E-state index contributed by atoms with van der Waals surface area (Å²) in [6.45, 7) is 7.41. The third-order valence-electron chi connectivity index (χ3n) is 3.87. The Balaban J connectivity index is 1.60. The number of rotatable bonds is 6. The molecule has 0 spiro atoms. The summed E-state index contributed by atoms with van der Waals surface area (Å²) in [4.78, 5) is 2.60. The average molecular weight is 242 g/mol. The van der Waals surface area contributed by atoms with E-state index in [1.54, 1.807) is 0 Å². The summed E-state index contributed by atoms with van der Waals surface area (Å²) < 4.78 is 0. The van der Waals surface area contributed by atoms with Gasteiger partial charge in [0.05, 0.1) is 0 Å². The number of thioether (sulfide) groups is 1. The molecule has 0 aromatic carbocycles. The van der Waals surface area contributed by atoms with E-state index in [2.05, 4.69) is 28.9 Å². The van der Waals surface area contributed by atoms with Crippen LogP contribution in [0.25, 0.3) is 0 Å². The molecule has 1 heterocycles. The van der Waals surface area contributed by atoms with Crippen molar-refractivity contribution in [2.45, 2.75) is 50.3 Å². The maximum absolute atomic E-state index is 3.78. The summed E-state index contributed by atoms with van der Waals surface area (Å²) in [6.07, 6.45) is 7.09. The van der Waals surface area contributed by atoms with Gasteiger partial charge in [-0.2, -0.15) is 11.8 Å². The fourth-order valence-corrected chi connectivity index (χ4v) is 4.21. The van der Waals surface area contributed by atoms with Crippen LogP contribution in [0.1, 0.15) is 39.0 Å². The first kappa shape index (κ1) is 12.7. The molecule has 1 saturated carbocycles. The van der Waals surface area contributed by atoms with Crippen LogP contribution in [0.3, 0.4) is 0 Å². The Morgan fingerprint density at radius 3 is 2.75 bits per heavy atom. The van der Waals surface area contributed by atoms with Crippen molar-refractivity contribution in [3.8, 4) is 0 Å². The first-order chi connectivity index (χ1) is 7.90. The van der Waals surface area contributed by atoms with Crippen molar-refractivity contribution < 1.29 is 0 Å². The molecule has 1 saturated heterocycles. The fourth-order valence-electron chi connectivity index (χ4n) is 2.99. The molecule has 0 aromatic heterocycles. The van der Waals surface area contributed by atoms with Crippen LogP contribution >= 0.6 is 11.8 Å². The molecule has 0 radical (unpaired) electrons. The van der Waals surface area contributed by atoms with E-state index in [0.29, 0.717) is 0 Å². The summed E-state index contributed by atoms with van der Waals surface area (Å²) in [7, 11) is 0. The molecule has 2 nitrogen and oxygen atoms in total. The van der Waals surface area contributed by atoms with E-state index in [1.807, 2.05) is 0 Å². The van der Waals surface area contributed by atoms with Crippen LogP contribution in [0.15, 0.2) is 0 Å². The van der Waals surface area contributed by atoms with Gasteiger partial charge in [0.1, 0.15) is 0 Å². The lowest BCUT2D eigenvalue weighted by Gasteiger charge is -2.22. The van der Waals surface area contributed by atoms with E-state index in [0.717, 1.165) is 11.3 Å². The summed E-state index contributed by atoms with van der Waals surface area (Å²) >= 11 is 2.15. The first-order valence-corrected chi connectivity index (χ1v) is 8.02. The van der Waals surface area contributed by atoms with E-state index in [-0.39, 0.29) is 0 Å². The van der Waals surface area contributed by atoms with Gasteiger partial charge >= 0.3 is 0 Å². The van der Waals surface area contributed by atoms with Crippen LogP contribution in [-0.2, 0) is 0 Å². The van der Waals surface area contributed by atoms with Gasteiger partial charge in [0.15, 0.2) is 0 Å². The van der Waals surface area contributed by atoms with Crippen LogP contribution in [-0.4, -0.2) is 48.1 Å². The molecule has 0 bridgehead atoms. The SMILES string of the molecule is CCSC1CCCC1NCCN1CCCC1. The lowest BCUT2D eigenvalue weighted by atomic mass is 10.2. The Hall–Kier alpha value is 0.270. The molecule has 2 rings (SSSR count). The maximum Gasteiger partial charge on any atom is 0.0201 e. The number of likely N-dealkylation sites (tertiary alicyclic amines) is 1. The van der Waals surface area contributed by atoms with Crippen molar-refractivity contribution in [1.29, 1.82) is 0 Å². The van der Waals surface area contributed by atoms with E-state index in [4.69, 9.17) is 0 Å². The van der Waals surface area contributed by atoms with Crippen molar-refractivity contribution >= 4 is 11.8 Å². The Bertz CT molecular complexity index is 192. The van der Waals surface area contributed by atoms with E-state index < -0.39 is 0 Å². The second kappa shape index (κ2) is 6.87. The van der Waals surface area contributed by atoms with Gasteiger partial charge in [0.25, 0.3) is 0 Å². The highest BCUT2D eigenvalue weighted by Gasteiger charge is 2.26. The Kier molecular flexibility index (Phi) is 5.46. The van der Waals surface area contributed by atoms with E-state index in [9.17, 15) is 0 Å². The number of hydrogen-bond acceptors (Lipinski definition) is 3. The molecule has 0 amide bonds. The minimum Gasteiger partial charge on any atom is -0.312 e. The van der Waals surface area contributed by atoms with Gasteiger partial charge in [0, 0.05) is 24.4 Å². The molecule has 1 aliphatic carbocycles. The highest BCUT2D eigenvalue weighted by atomic mass is 32.2. The molecule has 1 N–H and O–H groups in total. The molecular weight excluding hydrogens is 216 g/mol. The van der Waals surface area contributed by atoms with Crippen LogP contribution in [0.5, 0.6) is 0 Å². The van der Waals surface area contributed by atoms with Crippen molar-refractivity contribution in [3.63, 3.8) is 0 Å². The van der Waals surface area contributed by atoms with Crippen LogP contribution < -0.4 is 5.32 Å². The highest BCUT2D eigenvalue weighted by Crippen LogP contribution is 2.29. The van der Waals surface area contributed by atoms with Crippen molar-refractivity contribution in [1.82, 2.24) is 10.2 Å². The summed E-state index contributed by atoms with van der Waals surface area (Å²) in [5.74, 6) is 1.27. The second-order valence-electron chi connectivity index (χ2n) is 5.03. The van der Waals surface area contributed by atoms with Gasteiger partial charge in [0.2, 0.25) is 0 Å². The predicted octanol–water partition coefficient (Wildman–Crippen LogP) is 2.35. The smallest absolute Gasteiger partial charge is 0.0201 e. The van der Waals surface area contributed by atoms with Gasteiger partial charge in [-0.05, 0) is 44.5 Å².